The molecule has 2 aliphatic heterocycles. The van der Waals surface area contributed by atoms with E-state index in [2.05, 4.69) is 15.2 Å². The second-order valence-corrected chi connectivity index (χ2v) is 6.72. The average molecular weight is 365 g/mol. The number of aromatic amines is 1. The largest absolute Gasteiger partial charge is 0.417 e. The molecule has 2 aliphatic rings. The van der Waals surface area contributed by atoms with Gasteiger partial charge in [-0.3, -0.25) is 9.89 Å². The van der Waals surface area contributed by atoms with E-state index in [0.29, 0.717) is 38.4 Å². The lowest BCUT2D eigenvalue weighted by Crippen LogP contribution is -2.40. The Balaban J connectivity index is 1.40. The molecule has 1 amide bonds. The first-order valence-corrected chi connectivity index (χ1v) is 8.50. The van der Waals surface area contributed by atoms with E-state index in [1.165, 1.54) is 6.07 Å². The van der Waals surface area contributed by atoms with Gasteiger partial charge >= 0.3 is 6.18 Å². The number of nitrogens with one attached hydrogen (secondary N) is 1. The summed E-state index contributed by atoms with van der Waals surface area (Å²) in [6, 6.07) is 2.40. The molecular weight excluding hydrogens is 347 g/mol. The summed E-state index contributed by atoms with van der Waals surface area (Å²) in [6.07, 6.45) is -0.360. The van der Waals surface area contributed by atoms with Gasteiger partial charge in [0.1, 0.15) is 5.82 Å². The van der Waals surface area contributed by atoms with Crippen LogP contribution in [0.5, 0.6) is 0 Å². The van der Waals surface area contributed by atoms with Crippen LogP contribution in [0, 0.1) is 5.92 Å². The van der Waals surface area contributed by atoms with Crippen molar-refractivity contribution in [3.63, 3.8) is 0 Å². The number of hydrogen-bond acceptors (Lipinski definition) is 4. The molecule has 4 heterocycles. The highest BCUT2D eigenvalue weighted by atomic mass is 19.4. The molecule has 26 heavy (non-hydrogen) atoms. The van der Waals surface area contributed by atoms with Crippen LogP contribution in [-0.4, -0.2) is 45.6 Å². The zero-order valence-electron chi connectivity index (χ0n) is 14.0. The van der Waals surface area contributed by atoms with E-state index in [9.17, 15) is 18.0 Å². The van der Waals surface area contributed by atoms with Crippen LogP contribution in [0.25, 0.3) is 0 Å². The van der Waals surface area contributed by atoms with Crippen LogP contribution in [0.2, 0.25) is 0 Å². The highest BCUT2D eigenvalue weighted by Crippen LogP contribution is 2.31. The zero-order chi connectivity index (χ0) is 18.3. The number of H-pyrrole nitrogens is 1. The Labute approximate surface area is 148 Å². The number of anilines is 1. The Morgan fingerprint density at radius 3 is 2.81 bits per heavy atom. The molecule has 4 rings (SSSR count). The lowest BCUT2D eigenvalue weighted by atomic mass is 10.0. The number of halogens is 3. The van der Waals surface area contributed by atoms with Gasteiger partial charge in [-0.2, -0.15) is 18.3 Å². The van der Waals surface area contributed by atoms with Crippen molar-refractivity contribution in [1.29, 1.82) is 0 Å². The number of fused-ring (bicyclic) bond motifs is 1. The minimum Gasteiger partial charge on any atom is -0.356 e. The van der Waals surface area contributed by atoms with Gasteiger partial charge in [-0.15, -0.1) is 0 Å². The summed E-state index contributed by atoms with van der Waals surface area (Å²) < 4.78 is 37.9. The average Bonchev–Trinajstić information content (AvgIpc) is 3.29. The second kappa shape index (κ2) is 6.30. The van der Waals surface area contributed by atoms with Crippen molar-refractivity contribution >= 4 is 11.7 Å². The molecule has 138 valence electrons. The SMILES string of the molecule is O=C(C1CCN(c2ccc(C(F)(F)F)cn2)C1)N1CCc2[nH]ncc2C1. The molecule has 0 bridgehead atoms. The van der Waals surface area contributed by atoms with Gasteiger partial charge < -0.3 is 9.80 Å². The summed E-state index contributed by atoms with van der Waals surface area (Å²) in [7, 11) is 0. The number of aromatic nitrogens is 3. The lowest BCUT2D eigenvalue weighted by Gasteiger charge is -2.29. The Morgan fingerprint density at radius 2 is 2.08 bits per heavy atom. The maximum absolute atomic E-state index is 12.8. The van der Waals surface area contributed by atoms with E-state index in [-0.39, 0.29) is 11.8 Å². The van der Waals surface area contributed by atoms with Gasteiger partial charge in [-0.1, -0.05) is 0 Å². The van der Waals surface area contributed by atoms with E-state index in [1.807, 2.05) is 9.80 Å². The fourth-order valence-electron chi connectivity index (χ4n) is 3.58. The number of amides is 1. The molecule has 1 fully saturated rings. The number of hydrogen-bond donors (Lipinski definition) is 1. The van der Waals surface area contributed by atoms with Crippen molar-refractivity contribution in [3.8, 4) is 0 Å². The molecule has 6 nitrogen and oxygen atoms in total. The lowest BCUT2D eigenvalue weighted by molar-refractivity contribution is -0.138. The molecule has 1 N–H and O–H groups in total. The third-order valence-corrected chi connectivity index (χ3v) is 5.05. The van der Waals surface area contributed by atoms with Crippen molar-refractivity contribution in [3.05, 3.63) is 41.3 Å². The quantitative estimate of drug-likeness (QED) is 0.887. The fourth-order valence-corrected chi connectivity index (χ4v) is 3.58. The predicted octanol–water partition coefficient (Wildman–Crippen LogP) is 2.23. The first-order valence-electron chi connectivity index (χ1n) is 8.50. The van der Waals surface area contributed by atoms with Gasteiger partial charge in [-0.25, -0.2) is 4.98 Å². The van der Waals surface area contributed by atoms with Gasteiger partial charge in [0.2, 0.25) is 5.91 Å². The summed E-state index contributed by atoms with van der Waals surface area (Å²) in [5.74, 6) is 0.405. The Kier molecular flexibility index (Phi) is 4.08. The molecule has 0 aromatic carbocycles. The molecule has 9 heteroatoms. The molecule has 1 atom stereocenters. The summed E-state index contributed by atoms with van der Waals surface area (Å²) in [4.78, 5) is 20.4. The van der Waals surface area contributed by atoms with E-state index in [4.69, 9.17) is 0 Å². The molecule has 0 aliphatic carbocycles. The molecular formula is C17H18F3N5O. The van der Waals surface area contributed by atoms with Gasteiger partial charge in [-0.05, 0) is 18.6 Å². The van der Waals surface area contributed by atoms with Crippen molar-refractivity contribution in [2.24, 2.45) is 5.92 Å². The van der Waals surface area contributed by atoms with Crippen molar-refractivity contribution in [2.45, 2.75) is 25.6 Å². The summed E-state index contributed by atoms with van der Waals surface area (Å²) in [6.45, 7) is 2.30. The molecule has 2 aromatic heterocycles. The smallest absolute Gasteiger partial charge is 0.356 e. The molecule has 2 aromatic rings. The Hall–Kier alpha value is -2.58. The van der Waals surface area contributed by atoms with Crippen LogP contribution in [0.4, 0.5) is 19.0 Å². The van der Waals surface area contributed by atoms with E-state index >= 15 is 0 Å². The highest BCUT2D eigenvalue weighted by Gasteiger charge is 2.34. The normalized spacial score (nSPS) is 20.3. The van der Waals surface area contributed by atoms with Gasteiger partial charge in [0.15, 0.2) is 0 Å². The fraction of sp³-hybridized carbons (Fsp3) is 0.471. The number of carbonyl (C=O) groups excluding carboxylic acids is 1. The van der Waals surface area contributed by atoms with Crippen LogP contribution in [-0.2, 0) is 23.9 Å². The minimum atomic E-state index is -4.39. The van der Waals surface area contributed by atoms with E-state index in [0.717, 1.165) is 29.9 Å². The number of alkyl halides is 3. The van der Waals surface area contributed by atoms with Crippen LogP contribution in [0.1, 0.15) is 23.2 Å². The molecule has 1 unspecified atom stereocenters. The summed E-state index contributed by atoms with van der Waals surface area (Å²) in [5.41, 5.74) is 1.36. The minimum absolute atomic E-state index is 0.0891. The van der Waals surface area contributed by atoms with Crippen molar-refractivity contribution in [2.75, 3.05) is 24.5 Å². The molecule has 1 saturated heterocycles. The maximum atomic E-state index is 12.8. The summed E-state index contributed by atoms with van der Waals surface area (Å²) in [5, 5.41) is 6.96. The van der Waals surface area contributed by atoms with Gasteiger partial charge in [0.05, 0.1) is 17.7 Å². The first kappa shape index (κ1) is 16.9. The van der Waals surface area contributed by atoms with Crippen LogP contribution in [0.3, 0.4) is 0 Å². The van der Waals surface area contributed by atoms with Crippen molar-refractivity contribution in [1.82, 2.24) is 20.1 Å². The Bertz CT molecular complexity index is 801. The molecule has 0 saturated carbocycles. The summed E-state index contributed by atoms with van der Waals surface area (Å²) >= 11 is 0. The standard InChI is InChI=1S/C17H18F3N5O/c18-17(19,20)13-1-2-15(21-8-13)24-5-3-11(9-24)16(26)25-6-4-14-12(10-25)7-22-23-14/h1-2,7-8,11H,3-6,9-10H2,(H,22,23). The molecule has 0 radical (unpaired) electrons. The number of nitrogens with zero attached hydrogens (tertiary/aromatic N) is 4. The zero-order valence-corrected chi connectivity index (χ0v) is 14.0. The van der Waals surface area contributed by atoms with Gasteiger partial charge in [0, 0.05) is 50.1 Å². The van der Waals surface area contributed by atoms with Crippen LogP contribution >= 0.6 is 0 Å². The Morgan fingerprint density at radius 1 is 1.23 bits per heavy atom. The van der Waals surface area contributed by atoms with Crippen LogP contribution < -0.4 is 4.90 Å². The highest BCUT2D eigenvalue weighted by molar-refractivity contribution is 5.80. The second-order valence-electron chi connectivity index (χ2n) is 6.72. The number of rotatable bonds is 2. The predicted molar refractivity (Wildman–Crippen MR) is 87.3 cm³/mol. The monoisotopic (exact) mass is 365 g/mol. The van der Waals surface area contributed by atoms with Crippen molar-refractivity contribution < 1.29 is 18.0 Å². The van der Waals surface area contributed by atoms with E-state index < -0.39 is 11.7 Å². The topological polar surface area (TPSA) is 65.1 Å². The molecule has 0 spiro atoms. The van der Waals surface area contributed by atoms with E-state index in [1.54, 1.807) is 6.20 Å². The maximum Gasteiger partial charge on any atom is 0.417 e. The first-order chi connectivity index (χ1) is 12.4. The third kappa shape index (κ3) is 3.13. The van der Waals surface area contributed by atoms with Crippen LogP contribution in [0.15, 0.2) is 24.5 Å². The number of carbonyl (C=O) groups is 1. The third-order valence-electron chi connectivity index (χ3n) is 5.05. The number of pyridine rings is 1. The van der Waals surface area contributed by atoms with Gasteiger partial charge in [0.25, 0.3) is 0 Å².